The van der Waals surface area contributed by atoms with Gasteiger partial charge >= 0.3 is 0 Å². The Morgan fingerprint density at radius 1 is 1.35 bits per heavy atom. The summed E-state index contributed by atoms with van der Waals surface area (Å²) < 4.78 is 13.6. The summed E-state index contributed by atoms with van der Waals surface area (Å²) in [6.45, 7) is 11.2. The number of fused-ring (bicyclic) bond motifs is 1. The number of aryl methyl sites for hydroxylation is 1. The van der Waals surface area contributed by atoms with E-state index in [1.165, 1.54) is 11.6 Å². The summed E-state index contributed by atoms with van der Waals surface area (Å²) in [7, 11) is 0. The van der Waals surface area contributed by atoms with E-state index in [4.69, 9.17) is 0 Å². The van der Waals surface area contributed by atoms with Crippen LogP contribution in [0.15, 0.2) is 36.4 Å². The van der Waals surface area contributed by atoms with E-state index >= 15 is 0 Å². The number of benzene rings is 1. The molecule has 0 aliphatic carbocycles. The number of hydrogen-bond acceptors (Lipinski definition) is 3. The molecular weight excluding hydrogens is 289 g/mol. The van der Waals surface area contributed by atoms with Crippen LogP contribution < -0.4 is 5.32 Å². The number of pyridine rings is 1. The molecule has 0 saturated carbocycles. The lowest BCUT2D eigenvalue weighted by Gasteiger charge is -2.33. The van der Waals surface area contributed by atoms with Gasteiger partial charge in [0.2, 0.25) is 0 Å². The molecule has 1 N–H and O–H groups in total. The summed E-state index contributed by atoms with van der Waals surface area (Å²) in [6.07, 6.45) is 2.18. The van der Waals surface area contributed by atoms with Crippen molar-refractivity contribution >= 4 is 16.6 Å². The van der Waals surface area contributed by atoms with Gasteiger partial charge < -0.3 is 5.32 Å². The summed E-state index contributed by atoms with van der Waals surface area (Å²) in [5, 5.41) is 4.47. The molecule has 122 valence electrons. The zero-order chi connectivity index (χ0) is 16.4. The van der Waals surface area contributed by atoms with Gasteiger partial charge in [0.15, 0.2) is 0 Å². The highest BCUT2D eigenvalue weighted by molar-refractivity contribution is 5.91. The lowest BCUT2D eigenvalue weighted by Crippen LogP contribution is -2.39. The molecule has 0 atom stereocenters. The minimum Gasteiger partial charge on any atom is -0.382 e. The average Bonchev–Trinajstić information content (AvgIpc) is 2.49. The lowest BCUT2D eigenvalue weighted by molar-refractivity contribution is 0.236. The Balaban J connectivity index is 1.75. The minimum absolute atomic E-state index is 0.220. The topological polar surface area (TPSA) is 28.2 Å². The van der Waals surface area contributed by atoms with Gasteiger partial charge in [-0.1, -0.05) is 12.2 Å². The number of aromatic nitrogens is 1. The second-order valence-corrected chi connectivity index (χ2v) is 6.62. The van der Waals surface area contributed by atoms with Crippen LogP contribution in [0.25, 0.3) is 10.9 Å². The van der Waals surface area contributed by atoms with Gasteiger partial charge in [0.25, 0.3) is 0 Å². The van der Waals surface area contributed by atoms with Crippen LogP contribution in [0.4, 0.5) is 10.1 Å². The molecule has 3 rings (SSSR count). The molecule has 1 aliphatic heterocycles. The molecule has 4 heteroatoms. The Bertz CT molecular complexity index is 718. The third-order valence-corrected chi connectivity index (χ3v) is 4.34. The fraction of sp³-hybridized carbons (Fsp3) is 0.421. The molecular formula is C19H24FN3. The highest BCUT2D eigenvalue weighted by atomic mass is 19.1. The molecule has 1 fully saturated rings. The van der Waals surface area contributed by atoms with Crippen LogP contribution in [0.5, 0.6) is 0 Å². The van der Waals surface area contributed by atoms with Gasteiger partial charge in [0.05, 0.1) is 5.52 Å². The first-order valence-electron chi connectivity index (χ1n) is 8.21. The van der Waals surface area contributed by atoms with E-state index in [0.717, 1.165) is 54.8 Å². The quantitative estimate of drug-likeness (QED) is 0.860. The van der Waals surface area contributed by atoms with Crippen LogP contribution >= 0.6 is 0 Å². The van der Waals surface area contributed by atoms with Crippen molar-refractivity contribution in [3.8, 4) is 0 Å². The van der Waals surface area contributed by atoms with Crippen molar-refractivity contribution in [2.45, 2.75) is 32.7 Å². The first kappa shape index (κ1) is 15.9. The van der Waals surface area contributed by atoms with E-state index in [0.29, 0.717) is 6.04 Å². The number of hydrogen-bond donors (Lipinski definition) is 1. The van der Waals surface area contributed by atoms with Crippen molar-refractivity contribution < 1.29 is 4.39 Å². The first-order chi connectivity index (χ1) is 11.0. The molecule has 3 nitrogen and oxygen atoms in total. The predicted molar refractivity (Wildman–Crippen MR) is 94.3 cm³/mol. The third-order valence-electron chi connectivity index (χ3n) is 4.34. The maximum absolute atomic E-state index is 13.6. The summed E-state index contributed by atoms with van der Waals surface area (Å²) in [4.78, 5) is 6.93. The largest absolute Gasteiger partial charge is 0.382 e. The van der Waals surface area contributed by atoms with E-state index in [-0.39, 0.29) is 5.82 Å². The first-order valence-corrected chi connectivity index (χ1v) is 8.21. The van der Waals surface area contributed by atoms with Crippen LogP contribution in [-0.4, -0.2) is 35.6 Å². The second kappa shape index (κ2) is 6.67. The predicted octanol–water partition coefficient (Wildman–Crippen LogP) is 4.13. The number of nitrogens with zero attached hydrogens (tertiary/aromatic N) is 2. The minimum atomic E-state index is -0.220. The van der Waals surface area contributed by atoms with Crippen molar-refractivity contribution in [1.29, 1.82) is 0 Å². The van der Waals surface area contributed by atoms with Crippen molar-refractivity contribution in [2.24, 2.45) is 0 Å². The van der Waals surface area contributed by atoms with Crippen molar-refractivity contribution in [1.82, 2.24) is 9.88 Å². The lowest BCUT2D eigenvalue weighted by atomic mass is 10.0. The van der Waals surface area contributed by atoms with Crippen LogP contribution in [0.1, 0.15) is 25.5 Å². The van der Waals surface area contributed by atoms with Crippen LogP contribution in [-0.2, 0) is 0 Å². The summed E-state index contributed by atoms with van der Waals surface area (Å²) in [5.74, 6) is -0.220. The molecule has 2 aromatic rings. The summed E-state index contributed by atoms with van der Waals surface area (Å²) in [5.41, 5.74) is 3.99. The molecule has 1 saturated heterocycles. The number of likely N-dealkylation sites (tertiary alicyclic amines) is 1. The highest BCUT2D eigenvalue weighted by Gasteiger charge is 2.19. The zero-order valence-corrected chi connectivity index (χ0v) is 13.9. The summed E-state index contributed by atoms with van der Waals surface area (Å²) in [6, 6.07) is 7.22. The van der Waals surface area contributed by atoms with Crippen molar-refractivity contribution in [2.75, 3.05) is 25.0 Å². The number of piperidine rings is 1. The molecule has 1 aromatic heterocycles. The van der Waals surface area contributed by atoms with E-state index < -0.39 is 0 Å². The second-order valence-electron chi connectivity index (χ2n) is 6.62. The highest BCUT2D eigenvalue weighted by Crippen LogP contribution is 2.26. The van der Waals surface area contributed by atoms with E-state index in [9.17, 15) is 4.39 Å². The Morgan fingerprint density at radius 2 is 2.09 bits per heavy atom. The molecule has 1 aliphatic rings. The van der Waals surface area contributed by atoms with Gasteiger partial charge in [0.1, 0.15) is 5.82 Å². The Labute approximate surface area is 137 Å². The molecule has 0 radical (unpaired) electrons. The third kappa shape index (κ3) is 3.88. The monoisotopic (exact) mass is 313 g/mol. The average molecular weight is 313 g/mol. The summed E-state index contributed by atoms with van der Waals surface area (Å²) >= 11 is 0. The van der Waals surface area contributed by atoms with Gasteiger partial charge in [-0.15, -0.1) is 0 Å². The zero-order valence-electron chi connectivity index (χ0n) is 13.9. The Morgan fingerprint density at radius 3 is 2.78 bits per heavy atom. The Hall–Kier alpha value is -1.94. The fourth-order valence-electron chi connectivity index (χ4n) is 3.29. The maximum Gasteiger partial charge on any atom is 0.124 e. The molecule has 0 bridgehead atoms. The SMILES string of the molecule is C=C(C)CN1CCC(Nc2cc(C)nc3ccc(F)cc23)CC1. The van der Waals surface area contributed by atoms with Gasteiger partial charge in [-0.05, 0) is 51.0 Å². The van der Waals surface area contributed by atoms with Gasteiger partial charge in [-0.3, -0.25) is 9.88 Å². The fourth-order valence-corrected chi connectivity index (χ4v) is 3.29. The number of halogens is 1. The number of anilines is 1. The standard InChI is InChI=1S/C19H24FN3/c1-13(2)12-23-8-6-16(7-9-23)22-19-10-14(3)21-18-5-4-15(20)11-17(18)19/h4-5,10-11,16H,1,6-9,12H2,2-3H3,(H,21,22). The molecule has 1 aromatic carbocycles. The van der Waals surface area contributed by atoms with Gasteiger partial charge in [-0.25, -0.2) is 4.39 Å². The Kier molecular flexibility index (Phi) is 4.62. The molecule has 0 spiro atoms. The van der Waals surface area contributed by atoms with E-state index in [1.54, 1.807) is 12.1 Å². The molecule has 2 heterocycles. The molecule has 23 heavy (non-hydrogen) atoms. The van der Waals surface area contributed by atoms with E-state index in [1.807, 2.05) is 13.0 Å². The van der Waals surface area contributed by atoms with Crippen LogP contribution in [0, 0.1) is 12.7 Å². The van der Waals surface area contributed by atoms with Crippen LogP contribution in [0.2, 0.25) is 0 Å². The maximum atomic E-state index is 13.6. The normalized spacial score (nSPS) is 16.7. The molecule has 0 unspecified atom stereocenters. The van der Waals surface area contributed by atoms with Crippen LogP contribution in [0.3, 0.4) is 0 Å². The molecule has 0 amide bonds. The van der Waals surface area contributed by atoms with Crippen molar-refractivity contribution in [3.63, 3.8) is 0 Å². The number of nitrogens with one attached hydrogen (secondary N) is 1. The van der Waals surface area contributed by atoms with E-state index in [2.05, 4.69) is 28.7 Å². The number of rotatable bonds is 4. The van der Waals surface area contributed by atoms with Gasteiger partial charge in [0, 0.05) is 42.4 Å². The smallest absolute Gasteiger partial charge is 0.124 e. The van der Waals surface area contributed by atoms with Gasteiger partial charge in [-0.2, -0.15) is 0 Å². The van der Waals surface area contributed by atoms with Crippen molar-refractivity contribution in [3.05, 3.63) is 47.9 Å².